The van der Waals surface area contributed by atoms with Gasteiger partial charge in [-0.15, -0.1) is 7.92 Å². The summed E-state index contributed by atoms with van der Waals surface area (Å²) in [7, 11) is 0.193. The number of hydrogen-bond acceptors (Lipinski definition) is 1. The van der Waals surface area contributed by atoms with Crippen LogP contribution in [0.2, 0.25) is 0 Å². The Morgan fingerprint density at radius 3 is 2.79 bits per heavy atom. The summed E-state index contributed by atoms with van der Waals surface area (Å²) in [5, 5.41) is 0. The Bertz CT molecular complexity index is 273. The standard InChI is InChI=1S/C12H19OP/c1-4-14(3)9-8-13-12-7-5-6-11(2)10-12/h5-7,10H,4,8-9H2,1-3H3. The highest BCUT2D eigenvalue weighted by atomic mass is 31.1. The zero-order valence-electron chi connectivity index (χ0n) is 9.29. The van der Waals surface area contributed by atoms with Crippen molar-refractivity contribution in [2.24, 2.45) is 0 Å². The van der Waals surface area contributed by atoms with Crippen LogP contribution in [-0.4, -0.2) is 25.6 Å². The third-order valence-electron chi connectivity index (χ3n) is 2.27. The van der Waals surface area contributed by atoms with Crippen LogP contribution in [0.5, 0.6) is 5.75 Å². The van der Waals surface area contributed by atoms with Gasteiger partial charge in [0, 0.05) is 6.16 Å². The first-order valence-corrected chi connectivity index (χ1v) is 7.26. The van der Waals surface area contributed by atoms with Crippen molar-refractivity contribution >= 4 is 7.92 Å². The Kier molecular flexibility index (Phi) is 4.97. The molecule has 0 N–H and O–H groups in total. The summed E-state index contributed by atoms with van der Waals surface area (Å²) < 4.78 is 5.68. The molecule has 0 saturated heterocycles. The first-order chi connectivity index (χ1) is 6.72. The number of rotatable bonds is 5. The lowest BCUT2D eigenvalue weighted by molar-refractivity contribution is 0.343. The van der Waals surface area contributed by atoms with Gasteiger partial charge in [0.2, 0.25) is 0 Å². The van der Waals surface area contributed by atoms with Crippen molar-refractivity contribution in [3.63, 3.8) is 0 Å². The summed E-state index contributed by atoms with van der Waals surface area (Å²) in [5.74, 6) is 1.00. The Hall–Kier alpha value is -0.550. The van der Waals surface area contributed by atoms with Gasteiger partial charge in [-0.25, -0.2) is 0 Å². The van der Waals surface area contributed by atoms with E-state index in [0.29, 0.717) is 0 Å². The minimum Gasteiger partial charge on any atom is -0.493 e. The second-order valence-electron chi connectivity index (χ2n) is 3.56. The van der Waals surface area contributed by atoms with Gasteiger partial charge in [-0.3, -0.25) is 0 Å². The van der Waals surface area contributed by atoms with Crippen molar-refractivity contribution in [2.45, 2.75) is 13.8 Å². The van der Waals surface area contributed by atoms with Crippen LogP contribution in [0.1, 0.15) is 12.5 Å². The molecule has 0 aliphatic carbocycles. The van der Waals surface area contributed by atoms with Crippen LogP contribution in [0.25, 0.3) is 0 Å². The first-order valence-electron chi connectivity index (χ1n) is 5.10. The molecule has 0 radical (unpaired) electrons. The Morgan fingerprint density at radius 2 is 2.14 bits per heavy atom. The van der Waals surface area contributed by atoms with Gasteiger partial charge in [-0.1, -0.05) is 19.1 Å². The van der Waals surface area contributed by atoms with Crippen LogP contribution in [0.15, 0.2) is 24.3 Å². The third-order valence-corrected chi connectivity index (χ3v) is 4.30. The summed E-state index contributed by atoms with van der Waals surface area (Å²) in [5.41, 5.74) is 1.26. The van der Waals surface area contributed by atoms with Gasteiger partial charge < -0.3 is 4.74 Å². The molecule has 0 heterocycles. The van der Waals surface area contributed by atoms with Crippen molar-refractivity contribution < 1.29 is 4.74 Å². The van der Waals surface area contributed by atoms with Crippen LogP contribution in [0.4, 0.5) is 0 Å². The maximum absolute atomic E-state index is 5.68. The van der Waals surface area contributed by atoms with Gasteiger partial charge in [0.05, 0.1) is 6.61 Å². The van der Waals surface area contributed by atoms with E-state index in [1.54, 1.807) is 0 Å². The monoisotopic (exact) mass is 210 g/mol. The molecular weight excluding hydrogens is 191 g/mol. The van der Waals surface area contributed by atoms with Crippen LogP contribution in [-0.2, 0) is 0 Å². The van der Waals surface area contributed by atoms with E-state index in [-0.39, 0.29) is 7.92 Å². The predicted octanol–water partition coefficient (Wildman–Crippen LogP) is 3.51. The van der Waals surface area contributed by atoms with E-state index in [4.69, 9.17) is 4.74 Å². The molecule has 0 aliphatic rings. The molecule has 1 unspecified atom stereocenters. The fourth-order valence-corrected chi connectivity index (χ4v) is 1.90. The molecule has 1 rings (SSSR count). The quantitative estimate of drug-likeness (QED) is 0.676. The van der Waals surface area contributed by atoms with Crippen molar-refractivity contribution in [1.82, 2.24) is 0 Å². The third kappa shape index (κ3) is 4.11. The zero-order valence-corrected chi connectivity index (χ0v) is 10.2. The fourth-order valence-electron chi connectivity index (χ4n) is 1.18. The summed E-state index contributed by atoms with van der Waals surface area (Å²) in [4.78, 5) is 0. The van der Waals surface area contributed by atoms with E-state index in [9.17, 15) is 0 Å². The highest BCUT2D eigenvalue weighted by Gasteiger charge is 1.98. The van der Waals surface area contributed by atoms with E-state index in [0.717, 1.165) is 12.4 Å². The van der Waals surface area contributed by atoms with E-state index in [1.807, 2.05) is 12.1 Å². The Labute approximate surface area is 88.2 Å². The molecule has 0 spiro atoms. The van der Waals surface area contributed by atoms with Gasteiger partial charge in [0.1, 0.15) is 5.75 Å². The predicted molar refractivity (Wildman–Crippen MR) is 64.9 cm³/mol. The van der Waals surface area contributed by atoms with Crippen LogP contribution < -0.4 is 4.74 Å². The molecule has 0 fully saturated rings. The maximum atomic E-state index is 5.68. The molecule has 0 amide bonds. The first kappa shape index (κ1) is 11.5. The summed E-state index contributed by atoms with van der Waals surface area (Å²) >= 11 is 0. The van der Waals surface area contributed by atoms with Gasteiger partial charge in [-0.2, -0.15) is 0 Å². The number of hydrogen-bond donors (Lipinski definition) is 0. The van der Waals surface area contributed by atoms with Crippen molar-refractivity contribution in [3.05, 3.63) is 29.8 Å². The number of benzene rings is 1. The van der Waals surface area contributed by atoms with Crippen molar-refractivity contribution in [1.29, 1.82) is 0 Å². The van der Waals surface area contributed by atoms with Gasteiger partial charge in [0.15, 0.2) is 0 Å². The van der Waals surface area contributed by atoms with Gasteiger partial charge >= 0.3 is 0 Å². The molecule has 2 heteroatoms. The summed E-state index contributed by atoms with van der Waals surface area (Å²) in [6, 6.07) is 8.24. The molecule has 78 valence electrons. The van der Waals surface area contributed by atoms with E-state index in [2.05, 4.69) is 32.6 Å². The normalized spacial score (nSPS) is 12.5. The lowest BCUT2D eigenvalue weighted by Crippen LogP contribution is -2.02. The molecule has 14 heavy (non-hydrogen) atoms. The molecular formula is C12H19OP. The topological polar surface area (TPSA) is 9.23 Å². The average molecular weight is 210 g/mol. The second-order valence-corrected chi connectivity index (χ2v) is 6.35. The molecule has 0 aliphatic heterocycles. The lowest BCUT2D eigenvalue weighted by atomic mass is 10.2. The average Bonchev–Trinajstić information content (AvgIpc) is 2.17. The fraction of sp³-hybridized carbons (Fsp3) is 0.500. The van der Waals surface area contributed by atoms with E-state index < -0.39 is 0 Å². The van der Waals surface area contributed by atoms with Crippen molar-refractivity contribution in [2.75, 3.05) is 25.6 Å². The molecule has 0 aromatic heterocycles. The maximum Gasteiger partial charge on any atom is 0.119 e. The van der Waals surface area contributed by atoms with E-state index >= 15 is 0 Å². The summed E-state index contributed by atoms with van der Waals surface area (Å²) in [6.45, 7) is 7.53. The Balaban J connectivity index is 2.31. The molecule has 0 bridgehead atoms. The molecule has 1 atom stereocenters. The van der Waals surface area contributed by atoms with Gasteiger partial charge in [0.25, 0.3) is 0 Å². The molecule has 1 aromatic carbocycles. The second kappa shape index (κ2) is 6.03. The summed E-state index contributed by atoms with van der Waals surface area (Å²) in [6.07, 6.45) is 2.51. The van der Waals surface area contributed by atoms with Crippen LogP contribution in [0, 0.1) is 6.92 Å². The van der Waals surface area contributed by atoms with Crippen molar-refractivity contribution in [3.8, 4) is 5.75 Å². The SMILES string of the molecule is CCP(C)CCOc1cccc(C)c1. The van der Waals surface area contributed by atoms with E-state index in [1.165, 1.54) is 17.9 Å². The Morgan fingerprint density at radius 1 is 1.36 bits per heavy atom. The highest BCUT2D eigenvalue weighted by Crippen LogP contribution is 2.28. The molecule has 1 nitrogen and oxygen atoms in total. The number of ether oxygens (including phenoxy) is 1. The minimum absolute atomic E-state index is 0.193. The lowest BCUT2D eigenvalue weighted by Gasteiger charge is -2.10. The largest absolute Gasteiger partial charge is 0.493 e. The minimum atomic E-state index is 0.193. The van der Waals surface area contributed by atoms with Crippen LogP contribution in [0.3, 0.4) is 0 Å². The molecule has 0 saturated carbocycles. The molecule has 1 aromatic rings. The number of aryl methyl sites for hydroxylation is 1. The van der Waals surface area contributed by atoms with Crippen LogP contribution >= 0.6 is 7.92 Å². The highest BCUT2D eigenvalue weighted by molar-refractivity contribution is 7.56. The smallest absolute Gasteiger partial charge is 0.119 e. The zero-order chi connectivity index (χ0) is 10.4. The van der Waals surface area contributed by atoms with Gasteiger partial charge in [-0.05, 0) is 37.4 Å².